The fourth-order valence-corrected chi connectivity index (χ4v) is 5.73. The number of nitrogens with one attached hydrogen (secondary N) is 3. The van der Waals surface area contributed by atoms with Gasteiger partial charge in [0.25, 0.3) is 0 Å². The van der Waals surface area contributed by atoms with E-state index >= 15 is 0 Å². The summed E-state index contributed by atoms with van der Waals surface area (Å²) in [6.07, 6.45) is 0.440. The first-order valence-electron chi connectivity index (χ1n) is 12.2. The van der Waals surface area contributed by atoms with Crippen molar-refractivity contribution in [3.63, 3.8) is 0 Å². The van der Waals surface area contributed by atoms with Gasteiger partial charge in [-0.2, -0.15) is 4.98 Å². The Morgan fingerprint density at radius 1 is 1.17 bits per heavy atom. The van der Waals surface area contributed by atoms with Crippen molar-refractivity contribution >= 4 is 39.4 Å². The summed E-state index contributed by atoms with van der Waals surface area (Å²) in [5.41, 5.74) is 2.67. The van der Waals surface area contributed by atoms with Crippen molar-refractivity contribution in [3.8, 4) is 10.6 Å². The lowest BCUT2D eigenvalue weighted by molar-refractivity contribution is 0.152. The number of aliphatic hydroxyl groups is 1. The summed E-state index contributed by atoms with van der Waals surface area (Å²) in [5.74, 6) is 2.29. The van der Waals surface area contributed by atoms with Gasteiger partial charge < -0.3 is 25.8 Å². The number of alkyl carbamates (subject to hydrolysis) is 1. The van der Waals surface area contributed by atoms with Crippen LogP contribution in [0.5, 0.6) is 0 Å². The maximum atomic E-state index is 11.5. The third kappa shape index (κ3) is 5.65. The van der Waals surface area contributed by atoms with Gasteiger partial charge >= 0.3 is 6.09 Å². The summed E-state index contributed by atoms with van der Waals surface area (Å²) in [6.45, 7) is 9.54. The van der Waals surface area contributed by atoms with Gasteiger partial charge in [-0.3, -0.25) is 0 Å². The Hall–Kier alpha value is -2.98. The van der Waals surface area contributed by atoms with Crippen molar-refractivity contribution < 1.29 is 14.6 Å². The molecule has 0 spiro atoms. The molecule has 1 amide bonds. The fourth-order valence-electron chi connectivity index (χ4n) is 4.67. The minimum Gasteiger partial charge on any atom is -0.450 e. The molecule has 2 aromatic heterocycles. The number of para-hydroxylation sites is 1. The van der Waals surface area contributed by atoms with Crippen LogP contribution < -0.4 is 16.0 Å². The molecule has 1 aliphatic carbocycles. The molecule has 2 heterocycles. The first-order chi connectivity index (χ1) is 16.9. The van der Waals surface area contributed by atoms with Gasteiger partial charge in [-0.25, -0.2) is 14.8 Å². The molecule has 35 heavy (non-hydrogen) atoms. The normalized spacial score (nSPS) is 21.7. The topological polar surface area (TPSA) is 121 Å². The average Bonchev–Trinajstić information content (AvgIpc) is 3.38. The lowest BCUT2D eigenvalue weighted by atomic mass is 9.92. The largest absolute Gasteiger partial charge is 0.450 e. The Morgan fingerprint density at radius 2 is 1.97 bits per heavy atom. The number of aliphatic hydroxyl groups excluding tert-OH is 1. The van der Waals surface area contributed by atoms with Crippen LogP contribution >= 0.6 is 11.3 Å². The lowest BCUT2D eigenvalue weighted by Gasteiger charge is -2.22. The van der Waals surface area contributed by atoms with Crippen molar-refractivity contribution in [2.24, 2.45) is 17.8 Å². The van der Waals surface area contributed by atoms with E-state index in [2.05, 4.69) is 35.9 Å². The smallest absolute Gasteiger partial charge is 0.407 e. The first kappa shape index (κ1) is 25.1. The highest BCUT2D eigenvalue weighted by molar-refractivity contribution is 7.21. The third-order valence-electron chi connectivity index (χ3n) is 6.87. The number of carbonyl (C=O) groups is 1. The zero-order valence-electron chi connectivity index (χ0n) is 20.7. The van der Waals surface area contributed by atoms with Crippen LogP contribution in [0.3, 0.4) is 0 Å². The minimum absolute atomic E-state index is 0.183. The predicted molar refractivity (Wildman–Crippen MR) is 140 cm³/mol. The second-order valence-electron chi connectivity index (χ2n) is 9.06. The Labute approximate surface area is 209 Å². The molecule has 1 aliphatic rings. The predicted octanol–water partition coefficient (Wildman–Crippen LogP) is 4.28. The maximum Gasteiger partial charge on any atom is 0.407 e. The number of anilines is 2. The molecule has 1 aromatic carbocycles. The zero-order valence-corrected chi connectivity index (χ0v) is 21.5. The van der Waals surface area contributed by atoms with Crippen LogP contribution in [-0.2, 0) is 4.74 Å². The van der Waals surface area contributed by atoms with Crippen molar-refractivity contribution in [3.05, 3.63) is 30.0 Å². The highest BCUT2D eigenvalue weighted by Gasteiger charge is 2.38. The van der Waals surface area contributed by atoms with E-state index in [9.17, 15) is 9.90 Å². The number of carbonyl (C=O) groups excluding carboxylic acids is 1. The Balaban J connectivity index is 1.61. The van der Waals surface area contributed by atoms with Gasteiger partial charge in [0, 0.05) is 25.7 Å². The van der Waals surface area contributed by atoms with Crippen LogP contribution in [0.4, 0.5) is 16.6 Å². The SMILES string of the molecule is CCOC(=O)NCCNc1nc(C)c(-c2nc3ccccc3s2)c(N[C@@H]2C[C@H](CO)[C@@H](C)[C@H]2C)n1. The molecule has 4 atom stereocenters. The molecule has 3 aromatic rings. The Bertz CT molecular complexity index is 1140. The fraction of sp³-hybridized carbons (Fsp3) is 0.520. The van der Waals surface area contributed by atoms with Crippen LogP contribution in [0.2, 0.25) is 0 Å². The monoisotopic (exact) mass is 498 g/mol. The number of thiazole rings is 1. The summed E-state index contributed by atoms with van der Waals surface area (Å²) < 4.78 is 6.00. The second kappa shape index (κ2) is 11.2. The van der Waals surface area contributed by atoms with E-state index < -0.39 is 6.09 Å². The number of aromatic nitrogens is 3. The summed E-state index contributed by atoms with van der Waals surface area (Å²) >= 11 is 1.63. The van der Waals surface area contributed by atoms with Crippen LogP contribution in [0.15, 0.2) is 24.3 Å². The van der Waals surface area contributed by atoms with Gasteiger partial charge in [0.2, 0.25) is 5.95 Å². The molecule has 9 nitrogen and oxygen atoms in total. The van der Waals surface area contributed by atoms with E-state index in [1.807, 2.05) is 25.1 Å². The molecule has 0 unspecified atom stereocenters. The average molecular weight is 499 g/mol. The molecule has 10 heteroatoms. The van der Waals surface area contributed by atoms with E-state index in [1.54, 1.807) is 18.3 Å². The first-order valence-corrected chi connectivity index (χ1v) is 13.0. The highest BCUT2D eigenvalue weighted by atomic mass is 32.1. The standard InChI is InChI=1S/C25H34N6O3S/c1-5-34-25(33)27-11-10-26-24-28-16(4)21(23-30-18-8-6-7-9-20(18)35-23)22(31-24)29-19-12-17(13-32)14(2)15(19)3/h6-9,14-15,17,19,32H,5,10-13H2,1-4H3,(H,27,33)(H2,26,28,29,31)/t14-,15+,17+,19+/m0/s1. The van der Waals surface area contributed by atoms with Gasteiger partial charge in [0.15, 0.2) is 0 Å². The van der Waals surface area contributed by atoms with E-state index in [1.165, 1.54) is 0 Å². The number of amides is 1. The van der Waals surface area contributed by atoms with Crippen molar-refractivity contribution in [2.75, 3.05) is 36.9 Å². The number of benzene rings is 1. The van der Waals surface area contributed by atoms with Gasteiger partial charge in [-0.15, -0.1) is 11.3 Å². The minimum atomic E-state index is -0.442. The summed E-state index contributed by atoms with van der Waals surface area (Å²) in [6, 6.07) is 8.27. The number of fused-ring (bicyclic) bond motifs is 1. The number of hydrogen-bond donors (Lipinski definition) is 4. The zero-order chi connectivity index (χ0) is 24.9. The van der Waals surface area contributed by atoms with Crippen LogP contribution in [0, 0.1) is 24.7 Å². The molecular weight excluding hydrogens is 464 g/mol. The molecule has 0 aliphatic heterocycles. The number of nitrogens with zero attached hydrogens (tertiary/aromatic N) is 3. The second-order valence-corrected chi connectivity index (χ2v) is 10.1. The summed E-state index contributed by atoms with van der Waals surface area (Å²) in [4.78, 5) is 25.9. The number of aryl methyl sites for hydroxylation is 1. The van der Waals surface area contributed by atoms with Gasteiger partial charge in [-0.05, 0) is 50.2 Å². The van der Waals surface area contributed by atoms with E-state index in [-0.39, 0.29) is 18.6 Å². The molecule has 4 N–H and O–H groups in total. The number of rotatable bonds is 9. The molecule has 0 saturated heterocycles. The van der Waals surface area contributed by atoms with Crippen molar-refractivity contribution in [2.45, 2.75) is 40.2 Å². The molecule has 0 bridgehead atoms. The summed E-state index contributed by atoms with van der Waals surface area (Å²) in [5, 5.41) is 20.3. The van der Waals surface area contributed by atoms with Crippen LogP contribution in [-0.4, -0.2) is 58.5 Å². The number of ether oxygens (including phenoxy) is 1. The van der Waals surface area contributed by atoms with Crippen LogP contribution in [0.1, 0.15) is 32.9 Å². The number of hydrogen-bond acceptors (Lipinski definition) is 9. The van der Waals surface area contributed by atoms with Crippen molar-refractivity contribution in [1.82, 2.24) is 20.3 Å². The third-order valence-corrected chi connectivity index (χ3v) is 7.93. The van der Waals surface area contributed by atoms with E-state index in [4.69, 9.17) is 19.7 Å². The lowest BCUT2D eigenvalue weighted by Crippen LogP contribution is -2.30. The molecule has 1 fully saturated rings. The van der Waals surface area contributed by atoms with Crippen LogP contribution in [0.25, 0.3) is 20.8 Å². The van der Waals surface area contributed by atoms with Gasteiger partial charge in [0.1, 0.15) is 10.8 Å². The molecule has 188 valence electrons. The Kier molecular flexibility index (Phi) is 8.02. The van der Waals surface area contributed by atoms with E-state index in [0.717, 1.165) is 38.7 Å². The molecular formula is C25H34N6O3S. The van der Waals surface area contributed by atoms with Gasteiger partial charge in [-0.1, -0.05) is 26.0 Å². The Morgan fingerprint density at radius 3 is 2.69 bits per heavy atom. The molecule has 4 rings (SSSR count). The molecule has 0 radical (unpaired) electrons. The summed E-state index contributed by atoms with van der Waals surface area (Å²) in [7, 11) is 0. The van der Waals surface area contributed by atoms with Crippen molar-refractivity contribution in [1.29, 1.82) is 0 Å². The van der Waals surface area contributed by atoms with Gasteiger partial charge in [0.05, 0.1) is 28.1 Å². The molecule has 1 saturated carbocycles. The highest BCUT2D eigenvalue weighted by Crippen LogP contribution is 2.41. The van der Waals surface area contributed by atoms with E-state index in [0.29, 0.717) is 37.5 Å². The maximum absolute atomic E-state index is 11.5. The quantitative estimate of drug-likeness (QED) is 0.323.